The summed E-state index contributed by atoms with van der Waals surface area (Å²) >= 11 is 0. The Bertz CT molecular complexity index is 389. The molecule has 17 heavy (non-hydrogen) atoms. The van der Waals surface area contributed by atoms with Crippen LogP contribution < -0.4 is 0 Å². The van der Waals surface area contributed by atoms with Gasteiger partial charge in [-0.2, -0.15) is 0 Å². The summed E-state index contributed by atoms with van der Waals surface area (Å²) in [5, 5.41) is 16.1. The van der Waals surface area contributed by atoms with Crippen LogP contribution in [0.15, 0.2) is 6.20 Å². The summed E-state index contributed by atoms with van der Waals surface area (Å²) in [4.78, 5) is 21.3. The van der Waals surface area contributed by atoms with E-state index in [0.29, 0.717) is 0 Å². The molecule has 0 spiro atoms. The van der Waals surface area contributed by atoms with Gasteiger partial charge in [0.2, 0.25) is 0 Å². The van der Waals surface area contributed by atoms with Gasteiger partial charge in [0.1, 0.15) is 0 Å². The van der Waals surface area contributed by atoms with Gasteiger partial charge in [-0.25, -0.2) is 4.79 Å². The lowest BCUT2D eigenvalue weighted by Crippen LogP contribution is -2.08. The van der Waals surface area contributed by atoms with E-state index in [4.69, 9.17) is 4.74 Å². The van der Waals surface area contributed by atoms with Crippen LogP contribution in [0.2, 0.25) is 0 Å². The third kappa shape index (κ3) is 3.86. The molecule has 0 radical (unpaired) electrons. The number of esters is 1. The fourth-order valence-electron chi connectivity index (χ4n) is 1.34. The fraction of sp³-hybridized carbons (Fsp3) is 0.600. The summed E-state index contributed by atoms with van der Waals surface area (Å²) in [6, 6.07) is 0. The minimum Gasteiger partial charge on any atom is -0.462 e. The first-order chi connectivity index (χ1) is 8.16. The molecule has 1 aromatic rings. The third-order valence-corrected chi connectivity index (χ3v) is 2.25. The van der Waals surface area contributed by atoms with E-state index in [0.717, 1.165) is 31.9 Å². The number of unbranched alkanes of at least 4 members (excludes halogenated alkanes) is 3. The van der Waals surface area contributed by atoms with E-state index in [1.807, 2.05) is 0 Å². The number of nitrogens with one attached hydrogen (secondary N) is 1. The molecule has 0 aliphatic rings. The van der Waals surface area contributed by atoms with Crippen molar-refractivity contribution in [1.29, 1.82) is 0 Å². The lowest BCUT2D eigenvalue weighted by atomic mass is 10.2. The SMILES string of the molecule is CCCCCCOC(=O)c1cn[nH]c1[N+](=O)[O-]. The van der Waals surface area contributed by atoms with E-state index in [9.17, 15) is 14.9 Å². The highest BCUT2D eigenvalue weighted by Gasteiger charge is 2.22. The lowest BCUT2D eigenvalue weighted by Gasteiger charge is -2.02. The average Bonchev–Trinajstić information content (AvgIpc) is 2.77. The number of carbonyl (C=O) groups is 1. The quantitative estimate of drug-likeness (QED) is 0.341. The Labute approximate surface area is 98.3 Å². The lowest BCUT2D eigenvalue weighted by molar-refractivity contribution is -0.389. The number of rotatable bonds is 7. The summed E-state index contributed by atoms with van der Waals surface area (Å²) in [6.45, 7) is 2.36. The molecule has 0 unspecified atom stereocenters. The van der Waals surface area contributed by atoms with Crippen LogP contribution >= 0.6 is 0 Å². The highest BCUT2D eigenvalue weighted by Crippen LogP contribution is 2.14. The van der Waals surface area contributed by atoms with E-state index in [-0.39, 0.29) is 12.2 Å². The largest absolute Gasteiger partial charge is 0.462 e. The van der Waals surface area contributed by atoms with Gasteiger partial charge in [-0.1, -0.05) is 31.3 Å². The van der Waals surface area contributed by atoms with Crippen LogP contribution in [0.25, 0.3) is 0 Å². The number of nitrogens with zero attached hydrogens (tertiary/aromatic N) is 2. The van der Waals surface area contributed by atoms with Crippen LogP contribution in [0.4, 0.5) is 5.82 Å². The standard InChI is InChI=1S/C10H15N3O4/c1-2-3-4-5-6-17-10(14)8-7-11-12-9(8)13(15)16/h7H,2-6H2,1H3,(H,11,12). The molecule has 0 bridgehead atoms. The van der Waals surface area contributed by atoms with Gasteiger partial charge in [0.15, 0.2) is 5.56 Å². The maximum atomic E-state index is 11.5. The topological polar surface area (TPSA) is 98.1 Å². The summed E-state index contributed by atoms with van der Waals surface area (Å²) in [7, 11) is 0. The Morgan fingerprint density at radius 3 is 2.94 bits per heavy atom. The zero-order chi connectivity index (χ0) is 12.7. The summed E-state index contributed by atoms with van der Waals surface area (Å²) < 4.78 is 4.92. The number of aromatic amines is 1. The Kier molecular flexibility index (Phi) is 5.12. The van der Waals surface area contributed by atoms with Gasteiger partial charge in [-0.3, -0.25) is 0 Å². The summed E-state index contributed by atoms with van der Waals surface area (Å²) in [6.07, 6.45) is 5.04. The number of hydrogen-bond acceptors (Lipinski definition) is 5. The first kappa shape index (κ1) is 13.1. The van der Waals surface area contributed by atoms with Crippen LogP contribution in [-0.4, -0.2) is 27.7 Å². The van der Waals surface area contributed by atoms with Crippen LogP contribution in [-0.2, 0) is 4.74 Å². The number of aromatic nitrogens is 2. The molecule has 0 aliphatic carbocycles. The second-order valence-electron chi connectivity index (χ2n) is 3.59. The zero-order valence-corrected chi connectivity index (χ0v) is 9.64. The smallest absolute Gasteiger partial charge is 0.357 e. The molecule has 1 rings (SSSR count). The van der Waals surface area contributed by atoms with Crippen molar-refractivity contribution >= 4 is 11.8 Å². The Balaban J connectivity index is 2.42. The van der Waals surface area contributed by atoms with Crippen LogP contribution in [0.5, 0.6) is 0 Å². The molecule has 0 amide bonds. The first-order valence-electron chi connectivity index (χ1n) is 5.51. The molecule has 0 saturated heterocycles. The molecule has 0 atom stereocenters. The molecule has 94 valence electrons. The van der Waals surface area contributed by atoms with Crippen molar-refractivity contribution in [3.8, 4) is 0 Å². The van der Waals surface area contributed by atoms with E-state index < -0.39 is 16.7 Å². The van der Waals surface area contributed by atoms with Crippen molar-refractivity contribution in [3.05, 3.63) is 21.9 Å². The maximum absolute atomic E-state index is 11.5. The number of ether oxygens (including phenoxy) is 1. The normalized spacial score (nSPS) is 10.2. The van der Waals surface area contributed by atoms with Gasteiger partial charge < -0.3 is 14.9 Å². The average molecular weight is 241 g/mol. The molecule has 0 fully saturated rings. The molecule has 1 heterocycles. The highest BCUT2D eigenvalue weighted by atomic mass is 16.6. The van der Waals surface area contributed by atoms with Crippen molar-refractivity contribution in [2.75, 3.05) is 6.61 Å². The molecule has 0 aliphatic heterocycles. The summed E-state index contributed by atoms with van der Waals surface area (Å²) in [5.74, 6) is -1.13. The van der Waals surface area contributed by atoms with Crippen molar-refractivity contribution < 1.29 is 14.5 Å². The minimum absolute atomic E-state index is 0.134. The van der Waals surface area contributed by atoms with Gasteiger partial charge in [0.05, 0.1) is 12.8 Å². The second-order valence-corrected chi connectivity index (χ2v) is 3.59. The van der Waals surface area contributed by atoms with Crippen LogP contribution in [0.1, 0.15) is 43.0 Å². The van der Waals surface area contributed by atoms with Gasteiger partial charge in [-0.05, 0) is 11.3 Å². The molecular weight excluding hydrogens is 226 g/mol. The highest BCUT2D eigenvalue weighted by molar-refractivity contribution is 5.92. The number of nitro groups is 1. The van der Waals surface area contributed by atoms with Gasteiger partial charge in [0, 0.05) is 0 Å². The predicted octanol–water partition coefficient (Wildman–Crippen LogP) is 2.06. The summed E-state index contributed by atoms with van der Waals surface area (Å²) in [5.41, 5.74) is -0.134. The van der Waals surface area contributed by atoms with Crippen molar-refractivity contribution in [3.63, 3.8) is 0 Å². The van der Waals surface area contributed by atoms with Crippen molar-refractivity contribution in [1.82, 2.24) is 10.2 Å². The second kappa shape index (κ2) is 6.62. The molecule has 0 aromatic carbocycles. The number of hydrogen-bond donors (Lipinski definition) is 1. The molecule has 1 aromatic heterocycles. The van der Waals surface area contributed by atoms with Gasteiger partial charge in [0.25, 0.3) is 0 Å². The molecule has 1 N–H and O–H groups in total. The monoisotopic (exact) mass is 241 g/mol. The van der Waals surface area contributed by atoms with E-state index >= 15 is 0 Å². The van der Waals surface area contributed by atoms with E-state index in [2.05, 4.69) is 17.1 Å². The molecule has 0 saturated carbocycles. The van der Waals surface area contributed by atoms with Crippen LogP contribution in [0, 0.1) is 10.1 Å². The van der Waals surface area contributed by atoms with Crippen molar-refractivity contribution in [2.24, 2.45) is 0 Å². The van der Waals surface area contributed by atoms with Crippen molar-refractivity contribution in [2.45, 2.75) is 32.6 Å². The maximum Gasteiger partial charge on any atom is 0.357 e. The minimum atomic E-state index is -0.707. The predicted molar refractivity (Wildman–Crippen MR) is 59.7 cm³/mol. The van der Waals surface area contributed by atoms with Crippen LogP contribution in [0.3, 0.4) is 0 Å². The fourth-order valence-corrected chi connectivity index (χ4v) is 1.34. The number of carbonyl (C=O) groups excluding carboxylic acids is 1. The Hall–Kier alpha value is -1.92. The molecule has 7 heteroatoms. The first-order valence-corrected chi connectivity index (χ1v) is 5.51. The van der Waals surface area contributed by atoms with Gasteiger partial charge >= 0.3 is 11.8 Å². The third-order valence-electron chi connectivity index (χ3n) is 2.25. The Morgan fingerprint density at radius 2 is 2.29 bits per heavy atom. The van der Waals surface area contributed by atoms with E-state index in [1.54, 1.807) is 0 Å². The Morgan fingerprint density at radius 1 is 1.53 bits per heavy atom. The molecular formula is C10H15N3O4. The molecule has 7 nitrogen and oxygen atoms in total. The van der Waals surface area contributed by atoms with Gasteiger partial charge in [-0.15, -0.1) is 5.10 Å². The van der Waals surface area contributed by atoms with E-state index in [1.165, 1.54) is 0 Å². The number of H-pyrrole nitrogens is 1. The zero-order valence-electron chi connectivity index (χ0n) is 9.64.